The lowest BCUT2D eigenvalue weighted by molar-refractivity contribution is -0.696. The lowest BCUT2D eigenvalue weighted by Gasteiger charge is -2.04. The minimum Gasteiger partial charge on any atom is -0.748 e. The highest BCUT2D eigenvalue weighted by Crippen LogP contribution is 2.14. The predicted molar refractivity (Wildman–Crippen MR) is 90.0 cm³/mol. The van der Waals surface area contributed by atoms with Gasteiger partial charge in [-0.15, -0.1) is 0 Å². The minimum absolute atomic E-state index is 0.279. The second kappa shape index (κ2) is 8.42. The molecule has 1 aromatic heterocycles. The van der Waals surface area contributed by atoms with Gasteiger partial charge >= 0.3 is 0 Å². The summed E-state index contributed by atoms with van der Waals surface area (Å²) in [6.07, 6.45) is 5.58. The standard InChI is InChI=1S/C16H19N3O4S/c1-23-16-7-5-15(6-8-16)18-17-12-14-4-2-9-19(13-14)10-3-11-24(20,21)22/h2,4-9,12-13,18H,3,10-11H2,1H3. The topological polar surface area (TPSA) is 94.7 Å². The Labute approximate surface area is 141 Å². The van der Waals surface area contributed by atoms with Crippen LogP contribution in [0.2, 0.25) is 0 Å². The maximum absolute atomic E-state index is 10.6. The first-order valence-corrected chi connectivity index (χ1v) is 8.90. The molecule has 0 bridgehead atoms. The zero-order valence-corrected chi connectivity index (χ0v) is 14.1. The molecule has 24 heavy (non-hydrogen) atoms. The predicted octanol–water partition coefficient (Wildman–Crippen LogP) is 1.36. The lowest BCUT2D eigenvalue weighted by atomic mass is 10.3. The van der Waals surface area contributed by atoms with Gasteiger partial charge in [-0.05, 0) is 30.3 Å². The molecule has 1 aromatic carbocycles. The van der Waals surface area contributed by atoms with Crippen LogP contribution in [0.4, 0.5) is 5.69 Å². The first-order chi connectivity index (χ1) is 11.5. The Kier molecular flexibility index (Phi) is 6.28. The van der Waals surface area contributed by atoms with Crippen LogP contribution in [-0.4, -0.2) is 32.0 Å². The Balaban J connectivity index is 1.90. The molecule has 0 fully saturated rings. The van der Waals surface area contributed by atoms with E-state index >= 15 is 0 Å². The third-order valence-electron chi connectivity index (χ3n) is 3.19. The number of hydrazone groups is 1. The van der Waals surface area contributed by atoms with Crippen molar-refractivity contribution in [1.29, 1.82) is 0 Å². The molecule has 1 heterocycles. The van der Waals surface area contributed by atoms with E-state index in [1.165, 1.54) is 0 Å². The molecule has 0 saturated heterocycles. The average molecular weight is 349 g/mol. The van der Waals surface area contributed by atoms with Crippen molar-refractivity contribution in [3.05, 3.63) is 54.4 Å². The maximum Gasteiger partial charge on any atom is 0.177 e. The quantitative estimate of drug-likeness (QED) is 0.336. The van der Waals surface area contributed by atoms with Crippen LogP contribution < -0.4 is 14.7 Å². The summed E-state index contributed by atoms with van der Waals surface area (Å²) >= 11 is 0. The second-order valence-electron chi connectivity index (χ2n) is 5.09. The van der Waals surface area contributed by atoms with E-state index in [-0.39, 0.29) is 12.2 Å². The van der Waals surface area contributed by atoms with E-state index < -0.39 is 10.1 Å². The summed E-state index contributed by atoms with van der Waals surface area (Å²) in [7, 11) is -2.55. The molecule has 0 aliphatic rings. The summed E-state index contributed by atoms with van der Waals surface area (Å²) in [5, 5.41) is 4.15. The average Bonchev–Trinajstić information content (AvgIpc) is 2.55. The van der Waals surface area contributed by atoms with Crippen LogP contribution in [0, 0.1) is 0 Å². The fraction of sp³-hybridized carbons (Fsp3) is 0.250. The second-order valence-corrected chi connectivity index (χ2v) is 6.61. The van der Waals surface area contributed by atoms with Gasteiger partial charge in [0.25, 0.3) is 0 Å². The van der Waals surface area contributed by atoms with Crippen molar-refractivity contribution >= 4 is 22.0 Å². The molecule has 8 heteroatoms. The zero-order chi connectivity index (χ0) is 17.4. The third kappa shape index (κ3) is 6.35. The molecular formula is C16H19N3O4S. The molecule has 128 valence electrons. The molecule has 0 unspecified atom stereocenters. The van der Waals surface area contributed by atoms with Gasteiger partial charge in [0.1, 0.15) is 12.3 Å². The van der Waals surface area contributed by atoms with Gasteiger partial charge in [0.2, 0.25) is 0 Å². The van der Waals surface area contributed by atoms with Gasteiger partial charge in [0.05, 0.1) is 34.7 Å². The van der Waals surface area contributed by atoms with Crippen molar-refractivity contribution in [2.75, 3.05) is 18.3 Å². The van der Waals surface area contributed by atoms with E-state index in [1.807, 2.05) is 53.4 Å². The number of hydrogen-bond acceptors (Lipinski definition) is 6. The summed E-state index contributed by atoms with van der Waals surface area (Å²) in [5.41, 5.74) is 4.59. The first kappa shape index (κ1) is 17.9. The van der Waals surface area contributed by atoms with E-state index in [9.17, 15) is 13.0 Å². The number of methoxy groups -OCH3 is 1. The van der Waals surface area contributed by atoms with Crippen molar-refractivity contribution in [1.82, 2.24) is 0 Å². The fourth-order valence-electron chi connectivity index (χ4n) is 2.03. The number of nitrogens with one attached hydrogen (secondary N) is 1. The number of benzene rings is 1. The normalized spacial score (nSPS) is 11.6. The number of aromatic nitrogens is 1. The molecule has 1 N–H and O–H groups in total. The summed E-state index contributed by atoms with van der Waals surface area (Å²) < 4.78 is 38.7. The fourth-order valence-corrected chi connectivity index (χ4v) is 2.51. The molecule has 2 rings (SSSR count). The van der Waals surface area contributed by atoms with Gasteiger partial charge in [0, 0.05) is 18.2 Å². The Morgan fingerprint density at radius 1 is 1.29 bits per heavy atom. The largest absolute Gasteiger partial charge is 0.748 e. The summed E-state index contributed by atoms with van der Waals surface area (Å²) in [4.78, 5) is 0. The molecule has 0 saturated carbocycles. The van der Waals surface area contributed by atoms with Crippen LogP contribution in [0.1, 0.15) is 12.0 Å². The Bertz CT molecular complexity index is 789. The van der Waals surface area contributed by atoms with Crippen molar-refractivity contribution in [3.63, 3.8) is 0 Å². The van der Waals surface area contributed by atoms with Gasteiger partial charge in [-0.25, -0.2) is 13.0 Å². The van der Waals surface area contributed by atoms with Gasteiger partial charge in [-0.2, -0.15) is 5.10 Å². The van der Waals surface area contributed by atoms with E-state index in [0.29, 0.717) is 6.54 Å². The van der Waals surface area contributed by atoms with Crippen LogP contribution in [0.5, 0.6) is 5.75 Å². The number of hydrogen-bond donors (Lipinski definition) is 1. The molecule has 0 aliphatic carbocycles. The zero-order valence-electron chi connectivity index (χ0n) is 13.3. The van der Waals surface area contributed by atoms with Crippen molar-refractivity contribution < 1.29 is 22.3 Å². The summed E-state index contributed by atoms with van der Waals surface area (Å²) in [5.74, 6) is 0.408. The van der Waals surface area contributed by atoms with Gasteiger partial charge in [-0.3, -0.25) is 5.43 Å². The monoisotopic (exact) mass is 349 g/mol. The van der Waals surface area contributed by atoms with Crippen LogP contribution in [-0.2, 0) is 16.7 Å². The number of nitrogens with zero attached hydrogens (tertiary/aromatic N) is 2. The van der Waals surface area contributed by atoms with Gasteiger partial charge in [-0.1, -0.05) is 0 Å². The molecular weight excluding hydrogens is 330 g/mol. The number of anilines is 1. The molecule has 0 amide bonds. The van der Waals surface area contributed by atoms with Crippen molar-refractivity contribution in [2.24, 2.45) is 5.10 Å². The van der Waals surface area contributed by atoms with Gasteiger partial charge in [0.15, 0.2) is 12.4 Å². The third-order valence-corrected chi connectivity index (χ3v) is 3.98. The lowest BCUT2D eigenvalue weighted by Crippen LogP contribution is -2.34. The van der Waals surface area contributed by atoms with E-state index in [4.69, 9.17) is 4.74 Å². The van der Waals surface area contributed by atoms with E-state index in [0.717, 1.165) is 17.0 Å². The Morgan fingerprint density at radius 2 is 2.04 bits per heavy atom. The molecule has 2 aromatic rings. The highest BCUT2D eigenvalue weighted by Gasteiger charge is 2.03. The Hall–Kier alpha value is -2.45. The SMILES string of the molecule is COc1ccc(NN=Cc2ccc[n+](CCCS(=O)(=O)[O-])c2)cc1. The molecule has 7 nitrogen and oxygen atoms in total. The van der Waals surface area contributed by atoms with Crippen LogP contribution in [0.15, 0.2) is 53.9 Å². The van der Waals surface area contributed by atoms with Crippen LogP contribution in [0.3, 0.4) is 0 Å². The maximum atomic E-state index is 10.6. The van der Waals surface area contributed by atoms with Crippen molar-refractivity contribution in [2.45, 2.75) is 13.0 Å². The highest BCUT2D eigenvalue weighted by molar-refractivity contribution is 7.85. The number of rotatable bonds is 8. The van der Waals surface area contributed by atoms with E-state index in [2.05, 4.69) is 10.5 Å². The molecule has 0 spiro atoms. The highest BCUT2D eigenvalue weighted by atomic mass is 32.2. The number of aryl methyl sites for hydroxylation is 1. The summed E-state index contributed by atoms with van der Waals surface area (Å²) in [6, 6.07) is 11.1. The first-order valence-electron chi connectivity index (χ1n) is 7.32. The summed E-state index contributed by atoms with van der Waals surface area (Å²) in [6.45, 7) is 0.453. The molecule has 0 aliphatic heterocycles. The minimum atomic E-state index is -4.16. The van der Waals surface area contributed by atoms with Crippen LogP contribution >= 0.6 is 0 Å². The van der Waals surface area contributed by atoms with Crippen molar-refractivity contribution in [3.8, 4) is 5.75 Å². The number of pyridine rings is 1. The molecule has 0 radical (unpaired) electrons. The smallest absolute Gasteiger partial charge is 0.177 e. The van der Waals surface area contributed by atoms with Crippen LogP contribution in [0.25, 0.3) is 0 Å². The molecule has 0 atom stereocenters. The Morgan fingerprint density at radius 3 is 2.71 bits per heavy atom. The van der Waals surface area contributed by atoms with E-state index in [1.54, 1.807) is 13.3 Å². The van der Waals surface area contributed by atoms with Gasteiger partial charge < -0.3 is 9.29 Å². The number of ether oxygens (including phenoxy) is 1.